The average Bonchev–Trinajstić information content (AvgIpc) is 0.733. The standard InChI is InChI=1S/C96H142O12/c1-11-21-31-42-54-102-91-67-79-80-68-92(103-55-43-32-22-12-2)94(105-57-45-34-24-14-4)70-82(80)84-72-96(95(106-58-46-35-25-15-5)71-83(84)81(79)69-93(91)104-56-44-33-23-13-3)108-60-48-41-39-37-36-38-40-47-59-107-90-66-78-76-64-88(100-52-29-19-9)86(98-50-27-17-7)62-74(76)73-61-85(97-49-26-16-6)87(99-51-28-18-8)63-75(73)77(78)65-89(90)101-53-30-20-10/h61-72H,11-60H2,1-10H3. The van der Waals surface area contributed by atoms with Crippen LogP contribution in [0.5, 0.6) is 69.0 Å². The molecule has 598 valence electrons. The Kier molecular flexibility index (Phi) is 40.6. The quantitative estimate of drug-likeness (QED) is 0.0267. The first kappa shape index (κ1) is 86.5. The lowest BCUT2D eigenvalue weighted by atomic mass is 9.93. The number of unbranched alkanes of at least 4 members (excludes halogenated alkanes) is 27. The smallest absolute Gasteiger partial charge is 0.161 e. The van der Waals surface area contributed by atoms with E-state index in [0.29, 0.717) is 79.3 Å². The second-order valence-electron chi connectivity index (χ2n) is 30.1. The first-order chi connectivity index (χ1) is 53.3. The maximum atomic E-state index is 6.95. The van der Waals surface area contributed by atoms with Gasteiger partial charge in [0.1, 0.15) is 0 Å². The number of rotatable bonds is 63. The molecule has 12 heteroatoms. The van der Waals surface area contributed by atoms with E-state index in [2.05, 4.69) is 142 Å². The molecule has 0 aliphatic carbocycles. The summed E-state index contributed by atoms with van der Waals surface area (Å²) in [5, 5.41) is 13.1. The molecular weight excluding hydrogens is 1350 g/mol. The summed E-state index contributed by atoms with van der Waals surface area (Å²) in [6, 6.07) is 26.7. The molecule has 0 unspecified atom stereocenters. The Morgan fingerprint density at radius 1 is 0.120 bits per heavy atom. The maximum absolute atomic E-state index is 6.95. The number of fused-ring (bicyclic) bond motifs is 12. The van der Waals surface area contributed by atoms with Crippen LogP contribution in [0.3, 0.4) is 0 Å². The summed E-state index contributed by atoms with van der Waals surface area (Å²) in [5.74, 6) is 9.38. The lowest BCUT2D eigenvalue weighted by molar-refractivity contribution is 0.258. The van der Waals surface area contributed by atoms with Crippen LogP contribution >= 0.6 is 0 Å². The van der Waals surface area contributed by atoms with Gasteiger partial charge in [0, 0.05) is 0 Å². The molecule has 0 atom stereocenters. The molecule has 0 heterocycles. The zero-order valence-corrected chi connectivity index (χ0v) is 69.2. The zero-order chi connectivity index (χ0) is 76.2. The summed E-state index contributed by atoms with van der Waals surface area (Å²) in [5.41, 5.74) is 0. The summed E-state index contributed by atoms with van der Waals surface area (Å²) < 4.78 is 80.8. The highest BCUT2D eigenvalue weighted by molar-refractivity contribution is 6.28. The van der Waals surface area contributed by atoms with E-state index in [-0.39, 0.29) is 0 Å². The molecule has 0 aliphatic rings. The summed E-state index contributed by atoms with van der Waals surface area (Å²) in [4.78, 5) is 0. The second kappa shape index (κ2) is 50.7. The molecular formula is C96H142O12. The van der Waals surface area contributed by atoms with E-state index in [1.165, 1.54) is 77.0 Å². The predicted molar refractivity (Wildman–Crippen MR) is 456 cm³/mol. The molecule has 0 N–H and O–H groups in total. The third-order valence-corrected chi connectivity index (χ3v) is 20.9. The van der Waals surface area contributed by atoms with Crippen molar-refractivity contribution in [2.24, 2.45) is 0 Å². The van der Waals surface area contributed by atoms with E-state index >= 15 is 0 Å². The molecule has 0 saturated heterocycles. The topological polar surface area (TPSA) is 111 Å². The molecule has 0 spiro atoms. The van der Waals surface area contributed by atoms with Crippen molar-refractivity contribution in [3.8, 4) is 69.0 Å². The minimum absolute atomic E-state index is 0.602. The van der Waals surface area contributed by atoms with Crippen molar-refractivity contribution in [2.75, 3.05) is 79.3 Å². The van der Waals surface area contributed by atoms with Crippen LogP contribution in [0.4, 0.5) is 0 Å². The van der Waals surface area contributed by atoms with Crippen LogP contribution in [0.2, 0.25) is 0 Å². The minimum Gasteiger partial charge on any atom is -0.490 e. The molecule has 8 aromatic carbocycles. The largest absolute Gasteiger partial charge is 0.490 e. The maximum Gasteiger partial charge on any atom is 0.161 e. The fourth-order valence-electron chi connectivity index (χ4n) is 14.2. The molecule has 0 amide bonds. The molecule has 108 heavy (non-hydrogen) atoms. The van der Waals surface area contributed by atoms with Gasteiger partial charge in [-0.2, -0.15) is 0 Å². The summed E-state index contributed by atoms with van der Waals surface area (Å²) in [6.45, 7) is 29.8. The molecule has 0 aliphatic heterocycles. The summed E-state index contributed by atoms with van der Waals surface area (Å²) >= 11 is 0. The van der Waals surface area contributed by atoms with E-state index < -0.39 is 0 Å². The Labute approximate surface area is 652 Å². The van der Waals surface area contributed by atoms with Gasteiger partial charge in [-0.05, 0) is 214 Å². The highest BCUT2D eigenvalue weighted by Crippen LogP contribution is 2.50. The number of hydrogen-bond acceptors (Lipinski definition) is 12. The third kappa shape index (κ3) is 26.9. The van der Waals surface area contributed by atoms with Gasteiger partial charge in [-0.25, -0.2) is 0 Å². The van der Waals surface area contributed by atoms with E-state index in [9.17, 15) is 0 Å². The molecule has 0 radical (unpaired) electrons. The first-order valence-corrected chi connectivity index (χ1v) is 43.9. The van der Waals surface area contributed by atoms with Crippen molar-refractivity contribution in [3.05, 3.63) is 72.8 Å². The van der Waals surface area contributed by atoms with Crippen molar-refractivity contribution in [3.63, 3.8) is 0 Å². The highest BCUT2D eigenvalue weighted by Gasteiger charge is 2.24. The SMILES string of the molecule is CCCCCCOc1cc2c3cc(OCCCCCC)c(OCCCCCC)cc3c3cc(OCCCCCCCCCCOc4cc5c6cc(OCCCC)c(OCCCC)cc6c6cc(OCCCC)c(OCCCC)cc6c5cc4OCCCC)c(OCCCCCC)cc3c2cc1OCCCCCC. The highest BCUT2D eigenvalue weighted by atomic mass is 16.5. The Bertz CT molecular complexity index is 3760. The minimum atomic E-state index is 0.602. The van der Waals surface area contributed by atoms with Crippen LogP contribution in [-0.4, -0.2) is 79.3 Å². The summed E-state index contributed by atoms with van der Waals surface area (Å²) in [7, 11) is 0. The van der Waals surface area contributed by atoms with Crippen LogP contribution in [-0.2, 0) is 0 Å². The van der Waals surface area contributed by atoms with Gasteiger partial charge < -0.3 is 56.8 Å². The van der Waals surface area contributed by atoms with E-state index in [1.54, 1.807) is 0 Å². The molecule has 0 bridgehead atoms. The van der Waals surface area contributed by atoms with Crippen LogP contribution in [0.15, 0.2) is 72.8 Å². The molecule has 0 aromatic heterocycles. The van der Waals surface area contributed by atoms with Gasteiger partial charge >= 0.3 is 0 Å². The second-order valence-corrected chi connectivity index (χ2v) is 30.1. The van der Waals surface area contributed by atoms with Gasteiger partial charge in [0.25, 0.3) is 0 Å². The number of ether oxygens (including phenoxy) is 12. The Balaban J connectivity index is 1.01. The van der Waals surface area contributed by atoms with Crippen molar-refractivity contribution in [2.45, 2.75) is 313 Å². The van der Waals surface area contributed by atoms with Gasteiger partial charge in [0.15, 0.2) is 69.0 Å². The van der Waals surface area contributed by atoms with Crippen molar-refractivity contribution >= 4 is 64.6 Å². The monoisotopic (exact) mass is 1490 g/mol. The molecule has 0 fully saturated rings. The van der Waals surface area contributed by atoms with E-state index in [0.717, 1.165) is 301 Å². The zero-order valence-electron chi connectivity index (χ0n) is 69.2. The Morgan fingerprint density at radius 2 is 0.213 bits per heavy atom. The van der Waals surface area contributed by atoms with Gasteiger partial charge in [0.2, 0.25) is 0 Å². The average molecular weight is 1490 g/mol. The molecule has 8 rings (SSSR count). The molecule has 8 aromatic rings. The van der Waals surface area contributed by atoms with Crippen molar-refractivity contribution < 1.29 is 56.8 Å². The van der Waals surface area contributed by atoms with Gasteiger partial charge in [-0.15, -0.1) is 0 Å². The van der Waals surface area contributed by atoms with E-state index in [1.807, 2.05) is 0 Å². The predicted octanol–water partition coefficient (Wildman–Crippen LogP) is 28.9. The third-order valence-electron chi connectivity index (χ3n) is 20.9. The van der Waals surface area contributed by atoms with E-state index in [4.69, 9.17) is 56.8 Å². The lowest BCUT2D eigenvalue weighted by Crippen LogP contribution is -2.05. The van der Waals surface area contributed by atoms with Crippen LogP contribution < -0.4 is 56.8 Å². The summed E-state index contributed by atoms with van der Waals surface area (Å²) in [6.07, 6.45) is 41.3. The molecule has 12 nitrogen and oxygen atoms in total. The fourth-order valence-corrected chi connectivity index (χ4v) is 14.2. The Morgan fingerprint density at radius 3 is 0.324 bits per heavy atom. The van der Waals surface area contributed by atoms with Crippen LogP contribution in [0.1, 0.15) is 313 Å². The van der Waals surface area contributed by atoms with Gasteiger partial charge in [0.05, 0.1) is 79.3 Å². The normalized spacial score (nSPS) is 11.6. The van der Waals surface area contributed by atoms with Crippen molar-refractivity contribution in [1.82, 2.24) is 0 Å². The lowest BCUT2D eigenvalue weighted by Gasteiger charge is -2.21. The first-order valence-electron chi connectivity index (χ1n) is 43.9. The Hall–Kier alpha value is -7.08. The van der Waals surface area contributed by atoms with Crippen LogP contribution in [0.25, 0.3) is 64.6 Å². The number of hydrogen-bond donors (Lipinski definition) is 0. The van der Waals surface area contributed by atoms with Crippen molar-refractivity contribution in [1.29, 1.82) is 0 Å². The molecule has 0 saturated carbocycles. The van der Waals surface area contributed by atoms with Crippen LogP contribution in [0, 0.1) is 0 Å². The fraction of sp³-hybridized carbons (Fsp3) is 0.625. The van der Waals surface area contributed by atoms with Gasteiger partial charge in [-0.1, -0.05) is 236 Å². The van der Waals surface area contributed by atoms with Gasteiger partial charge in [-0.3, -0.25) is 0 Å². The number of benzene rings is 8.